The number of sulfonamides is 1. The molecule has 2 rings (SSSR count). The molecule has 0 spiro atoms. The third-order valence-corrected chi connectivity index (χ3v) is 5.36. The Balaban J connectivity index is 2.54. The number of halogens is 1. The first-order valence-corrected chi connectivity index (χ1v) is 9.29. The zero-order valence-electron chi connectivity index (χ0n) is 13.8. The van der Waals surface area contributed by atoms with Crippen molar-refractivity contribution in [1.82, 2.24) is 0 Å². The van der Waals surface area contributed by atoms with Crippen molar-refractivity contribution < 1.29 is 22.7 Å². The van der Waals surface area contributed by atoms with Crippen LogP contribution in [-0.2, 0) is 19.6 Å². The molecule has 25 heavy (non-hydrogen) atoms. The number of rotatable bonds is 7. The van der Waals surface area contributed by atoms with E-state index in [1.807, 2.05) is 0 Å². The lowest BCUT2D eigenvalue weighted by molar-refractivity contribution is -0.141. The lowest BCUT2D eigenvalue weighted by Crippen LogP contribution is -2.36. The highest BCUT2D eigenvalue weighted by molar-refractivity contribution is 7.92. The standard InChI is InChI=1S/C17H18ClNO5S/c1-3-24-17(20)12-19(15-6-4-5-7-16(15)23-2)25(21,22)14-10-8-13(18)9-11-14/h4-11H,3,12H2,1-2H3. The summed E-state index contributed by atoms with van der Waals surface area (Å²) in [5, 5.41) is 0.410. The molecule has 0 unspecified atom stereocenters. The molecule has 2 aromatic carbocycles. The molecule has 0 atom stereocenters. The van der Waals surface area contributed by atoms with Gasteiger partial charge in [0, 0.05) is 5.02 Å². The number of hydrogen-bond acceptors (Lipinski definition) is 5. The van der Waals surface area contributed by atoms with E-state index in [4.69, 9.17) is 21.1 Å². The number of hydrogen-bond donors (Lipinski definition) is 0. The van der Waals surface area contributed by atoms with Gasteiger partial charge in [-0.25, -0.2) is 8.42 Å². The van der Waals surface area contributed by atoms with Gasteiger partial charge in [0.15, 0.2) is 0 Å². The van der Waals surface area contributed by atoms with Gasteiger partial charge in [0.25, 0.3) is 10.0 Å². The summed E-state index contributed by atoms with van der Waals surface area (Å²) in [6, 6.07) is 12.2. The molecule has 0 saturated carbocycles. The van der Waals surface area contributed by atoms with Crippen LogP contribution in [0.1, 0.15) is 6.92 Å². The van der Waals surface area contributed by atoms with Gasteiger partial charge < -0.3 is 9.47 Å². The van der Waals surface area contributed by atoms with Crippen molar-refractivity contribution in [3.8, 4) is 5.75 Å². The van der Waals surface area contributed by atoms with E-state index >= 15 is 0 Å². The summed E-state index contributed by atoms with van der Waals surface area (Å²) in [5.74, 6) is -0.338. The molecule has 0 aliphatic rings. The van der Waals surface area contributed by atoms with Gasteiger partial charge in [-0.3, -0.25) is 9.10 Å². The van der Waals surface area contributed by atoms with Gasteiger partial charge in [0.1, 0.15) is 12.3 Å². The molecule has 0 aliphatic heterocycles. The predicted octanol–water partition coefficient (Wildman–Crippen LogP) is 3.11. The summed E-state index contributed by atoms with van der Waals surface area (Å²) in [5.41, 5.74) is 0.244. The van der Waals surface area contributed by atoms with Crippen LogP contribution in [-0.4, -0.2) is 34.6 Å². The fraction of sp³-hybridized carbons (Fsp3) is 0.235. The summed E-state index contributed by atoms with van der Waals surface area (Å²) >= 11 is 5.83. The molecule has 2 aromatic rings. The van der Waals surface area contributed by atoms with Crippen LogP contribution in [0.3, 0.4) is 0 Å². The van der Waals surface area contributed by atoms with E-state index in [0.29, 0.717) is 10.8 Å². The zero-order chi connectivity index (χ0) is 18.4. The number of methoxy groups -OCH3 is 1. The number of esters is 1. The van der Waals surface area contributed by atoms with Crippen LogP contribution in [0.15, 0.2) is 53.4 Å². The first kappa shape index (κ1) is 19.1. The number of nitrogens with zero attached hydrogens (tertiary/aromatic N) is 1. The maximum atomic E-state index is 13.1. The number of para-hydroxylation sites is 2. The number of anilines is 1. The van der Waals surface area contributed by atoms with Crippen molar-refractivity contribution in [3.63, 3.8) is 0 Å². The minimum atomic E-state index is -4.02. The molecular weight excluding hydrogens is 366 g/mol. The second kappa shape index (κ2) is 8.22. The van der Waals surface area contributed by atoms with Gasteiger partial charge in [0.05, 0.1) is 24.3 Å². The van der Waals surface area contributed by atoms with Crippen LogP contribution in [0.5, 0.6) is 5.75 Å². The highest BCUT2D eigenvalue weighted by Crippen LogP contribution is 2.32. The summed E-state index contributed by atoms with van der Waals surface area (Å²) < 4.78 is 37.3. The Bertz CT molecular complexity index is 836. The molecule has 0 fully saturated rings. The van der Waals surface area contributed by atoms with Crippen LogP contribution in [0, 0.1) is 0 Å². The second-order valence-electron chi connectivity index (χ2n) is 4.94. The van der Waals surface area contributed by atoms with Crippen LogP contribution >= 0.6 is 11.6 Å². The Kier molecular flexibility index (Phi) is 6.27. The van der Waals surface area contributed by atoms with Crippen LogP contribution in [0.25, 0.3) is 0 Å². The highest BCUT2D eigenvalue weighted by atomic mass is 35.5. The van der Waals surface area contributed by atoms with Crippen molar-refractivity contribution >= 4 is 33.3 Å². The Labute approximate surface area is 152 Å². The van der Waals surface area contributed by atoms with Crippen LogP contribution < -0.4 is 9.04 Å². The predicted molar refractivity (Wildman–Crippen MR) is 95.6 cm³/mol. The molecule has 134 valence electrons. The van der Waals surface area contributed by atoms with Crippen molar-refractivity contribution in [2.75, 3.05) is 24.6 Å². The van der Waals surface area contributed by atoms with Gasteiger partial charge >= 0.3 is 5.97 Å². The van der Waals surface area contributed by atoms with Gasteiger partial charge in [-0.15, -0.1) is 0 Å². The van der Waals surface area contributed by atoms with E-state index in [1.54, 1.807) is 31.2 Å². The Morgan fingerprint density at radius 1 is 1.12 bits per heavy atom. The largest absolute Gasteiger partial charge is 0.495 e. The molecule has 0 aromatic heterocycles. The third-order valence-electron chi connectivity index (χ3n) is 3.33. The van der Waals surface area contributed by atoms with Crippen molar-refractivity contribution in [1.29, 1.82) is 0 Å². The van der Waals surface area contributed by atoms with Gasteiger partial charge in [-0.05, 0) is 43.3 Å². The van der Waals surface area contributed by atoms with E-state index in [9.17, 15) is 13.2 Å². The first-order valence-electron chi connectivity index (χ1n) is 7.47. The number of carbonyl (C=O) groups is 1. The second-order valence-corrected chi connectivity index (χ2v) is 7.24. The molecule has 0 amide bonds. The van der Waals surface area contributed by atoms with E-state index in [0.717, 1.165) is 4.31 Å². The quantitative estimate of drug-likeness (QED) is 0.687. The minimum absolute atomic E-state index is 0.00658. The molecule has 0 N–H and O–H groups in total. The van der Waals surface area contributed by atoms with Gasteiger partial charge in [0.2, 0.25) is 0 Å². The SMILES string of the molecule is CCOC(=O)CN(c1ccccc1OC)S(=O)(=O)c1ccc(Cl)cc1. The molecule has 0 saturated heterocycles. The lowest BCUT2D eigenvalue weighted by atomic mass is 10.3. The molecule has 6 nitrogen and oxygen atoms in total. The molecule has 0 bridgehead atoms. The number of benzene rings is 2. The fourth-order valence-electron chi connectivity index (χ4n) is 2.19. The number of ether oxygens (including phenoxy) is 2. The smallest absolute Gasteiger partial charge is 0.326 e. The van der Waals surface area contributed by atoms with Crippen molar-refractivity contribution in [2.24, 2.45) is 0 Å². The fourth-order valence-corrected chi connectivity index (χ4v) is 3.74. The van der Waals surface area contributed by atoms with Gasteiger partial charge in [-0.1, -0.05) is 23.7 Å². The Morgan fingerprint density at radius 2 is 1.76 bits per heavy atom. The summed E-state index contributed by atoms with van der Waals surface area (Å²) in [6.45, 7) is 1.33. The average Bonchev–Trinajstić information content (AvgIpc) is 2.60. The van der Waals surface area contributed by atoms with Crippen molar-refractivity contribution in [3.05, 3.63) is 53.6 Å². The Hall–Kier alpha value is -2.25. The molecule has 0 heterocycles. The summed E-state index contributed by atoms with van der Waals surface area (Å²) in [6.07, 6.45) is 0. The van der Waals surface area contributed by atoms with E-state index in [2.05, 4.69) is 0 Å². The number of carbonyl (C=O) groups excluding carboxylic acids is 1. The molecular formula is C17H18ClNO5S. The zero-order valence-corrected chi connectivity index (χ0v) is 15.4. The van der Waals surface area contributed by atoms with E-state index in [1.165, 1.54) is 31.4 Å². The highest BCUT2D eigenvalue weighted by Gasteiger charge is 2.29. The van der Waals surface area contributed by atoms with Gasteiger partial charge in [-0.2, -0.15) is 0 Å². The maximum absolute atomic E-state index is 13.1. The van der Waals surface area contributed by atoms with Crippen molar-refractivity contribution in [2.45, 2.75) is 11.8 Å². The molecule has 0 radical (unpaired) electrons. The normalized spacial score (nSPS) is 11.0. The van der Waals surface area contributed by atoms with E-state index < -0.39 is 22.5 Å². The first-order chi connectivity index (χ1) is 11.9. The molecule has 0 aliphatic carbocycles. The van der Waals surface area contributed by atoms with E-state index in [-0.39, 0.29) is 17.2 Å². The van der Waals surface area contributed by atoms with Crippen LogP contribution in [0.2, 0.25) is 5.02 Å². The Morgan fingerprint density at radius 3 is 2.36 bits per heavy atom. The van der Waals surface area contributed by atoms with Crippen LogP contribution in [0.4, 0.5) is 5.69 Å². The maximum Gasteiger partial charge on any atom is 0.326 e. The molecule has 8 heteroatoms. The summed E-state index contributed by atoms with van der Waals surface area (Å²) in [7, 11) is -2.60. The topological polar surface area (TPSA) is 72.9 Å². The monoisotopic (exact) mass is 383 g/mol. The summed E-state index contributed by atoms with van der Waals surface area (Å²) in [4.78, 5) is 12.0. The lowest BCUT2D eigenvalue weighted by Gasteiger charge is -2.25. The third kappa shape index (κ3) is 4.43. The minimum Gasteiger partial charge on any atom is -0.495 e. The average molecular weight is 384 g/mol.